The summed E-state index contributed by atoms with van der Waals surface area (Å²) in [7, 11) is 0. The van der Waals surface area contributed by atoms with Crippen LogP contribution in [0.25, 0.3) is 0 Å². The molecule has 0 fully saturated rings. The maximum absolute atomic E-state index is 12.0. The molecule has 3 unspecified atom stereocenters. The van der Waals surface area contributed by atoms with Crippen molar-refractivity contribution in [1.82, 2.24) is 5.32 Å². The molecule has 2 rings (SSSR count). The molecule has 6 heteroatoms. The van der Waals surface area contributed by atoms with E-state index in [2.05, 4.69) is 5.32 Å². The van der Waals surface area contributed by atoms with Gasteiger partial charge in [0.05, 0.1) is 6.04 Å². The number of carbonyl (C=O) groups excluding carboxylic acids is 1. The molecule has 118 valence electrons. The average Bonchev–Trinajstić information content (AvgIpc) is 2.45. The first kappa shape index (κ1) is 17.6. The fourth-order valence-electron chi connectivity index (χ4n) is 2.00. The lowest BCUT2D eigenvalue weighted by molar-refractivity contribution is -0.125. The third-order valence-corrected chi connectivity index (χ3v) is 3.63. The van der Waals surface area contributed by atoms with Crippen LogP contribution in [-0.4, -0.2) is 25.2 Å². The molecular weight excluding hydrogens is 292 g/mol. The Morgan fingerprint density at radius 3 is 2.43 bits per heavy atom. The van der Waals surface area contributed by atoms with E-state index in [1.807, 2.05) is 39.0 Å². The van der Waals surface area contributed by atoms with E-state index in [-0.39, 0.29) is 36.3 Å². The molecule has 0 saturated heterocycles. The molecule has 3 atom stereocenters. The fourth-order valence-corrected chi connectivity index (χ4v) is 2.00. The first-order valence-corrected chi connectivity index (χ1v) is 6.94. The summed E-state index contributed by atoms with van der Waals surface area (Å²) >= 11 is 0. The van der Waals surface area contributed by atoms with Crippen LogP contribution in [0.4, 0.5) is 0 Å². The number of amides is 1. The van der Waals surface area contributed by atoms with E-state index < -0.39 is 0 Å². The predicted octanol–water partition coefficient (Wildman–Crippen LogP) is 2.04. The van der Waals surface area contributed by atoms with E-state index >= 15 is 0 Å². The lowest BCUT2D eigenvalue weighted by atomic mass is 10.0. The molecule has 0 aliphatic carbocycles. The number of carbonyl (C=O) groups is 1. The van der Waals surface area contributed by atoms with E-state index in [0.717, 1.165) is 17.1 Å². The third-order valence-electron chi connectivity index (χ3n) is 3.63. The summed E-state index contributed by atoms with van der Waals surface area (Å²) in [6.07, 6.45) is 0. The van der Waals surface area contributed by atoms with Crippen molar-refractivity contribution in [3.05, 3.63) is 23.8 Å². The Morgan fingerprint density at radius 1 is 1.19 bits per heavy atom. The van der Waals surface area contributed by atoms with Crippen molar-refractivity contribution in [3.63, 3.8) is 0 Å². The van der Waals surface area contributed by atoms with E-state index in [1.54, 1.807) is 0 Å². The minimum absolute atomic E-state index is 0. The normalized spacial score (nSPS) is 17.1. The van der Waals surface area contributed by atoms with E-state index in [4.69, 9.17) is 15.2 Å². The van der Waals surface area contributed by atoms with Gasteiger partial charge in [0.25, 0.3) is 0 Å². The number of hydrogen-bond acceptors (Lipinski definition) is 4. The topological polar surface area (TPSA) is 73.6 Å². The van der Waals surface area contributed by atoms with Crippen LogP contribution in [0.2, 0.25) is 0 Å². The highest BCUT2D eigenvalue weighted by Gasteiger charge is 2.20. The second kappa shape index (κ2) is 7.52. The molecule has 1 aromatic rings. The third kappa shape index (κ3) is 4.25. The standard InChI is InChI=1S/C15H22N2O3.ClH/c1-9(10(2)16)15(18)17-11(3)12-4-5-13-14(8-12)20-7-6-19-13;/h4-5,8-11H,6-7,16H2,1-3H3,(H,17,18);1H. The molecular formula is C15H23ClN2O3. The molecule has 1 aliphatic rings. The Hall–Kier alpha value is -1.46. The van der Waals surface area contributed by atoms with Crippen LogP contribution in [0.1, 0.15) is 32.4 Å². The van der Waals surface area contributed by atoms with E-state index in [0.29, 0.717) is 13.2 Å². The van der Waals surface area contributed by atoms with Gasteiger partial charge in [0.1, 0.15) is 13.2 Å². The van der Waals surface area contributed by atoms with Gasteiger partial charge in [-0.25, -0.2) is 0 Å². The molecule has 0 saturated carbocycles. The molecule has 0 radical (unpaired) electrons. The Kier molecular flexibility index (Phi) is 6.30. The number of nitrogens with one attached hydrogen (secondary N) is 1. The molecule has 5 nitrogen and oxygen atoms in total. The summed E-state index contributed by atoms with van der Waals surface area (Å²) in [4.78, 5) is 12.0. The zero-order valence-electron chi connectivity index (χ0n) is 12.6. The Morgan fingerprint density at radius 2 is 1.81 bits per heavy atom. The first-order valence-electron chi connectivity index (χ1n) is 6.94. The van der Waals surface area contributed by atoms with Crippen LogP contribution in [0.5, 0.6) is 11.5 Å². The van der Waals surface area contributed by atoms with Gasteiger partial charge < -0.3 is 20.5 Å². The van der Waals surface area contributed by atoms with Gasteiger partial charge in [-0.2, -0.15) is 0 Å². The largest absolute Gasteiger partial charge is 0.486 e. The average molecular weight is 315 g/mol. The SMILES string of the molecule is CC(NC(=O)C(C)C(C)N)c1ccc2c(c1)OCCO2.Cl. The fraction of sp³-hybridized carbons (Fsp3) is 0.533. The van der Waals surface area contributed by atoms with Crippen LogP contribution in [0.15, 0.2) is 18.2 Å². The van der Waals surface area contributed by atoms with Crippen molar-refractivity contribution < 1.29 is 14.3 Å². The number of halogens is 1. The number of rotatable bonds is 4. The van der Waals surface area contributed by atoms with Gasteiger partial charge in [-0.1, -0.05) is 13.0 Å². The van der Waals surface area contributed by atoms with Crippen molar-refractivity contribution in [2.24, 2.45) is 11.7 Å². The summed E-state index contributed by atoms with van der Waals surface area (Å²) in [5, 5.41) is 2.97. The monoisotopic (exact) mass is 314 g/mol. The van der Waals surface area contributed by atoms with Gasteiger partial charge in [0.2, 0.25) is 5.91 Å². The van der Waals surface area contributed by atoms with Gasteiger partial charge in [-0.3, -0.25) is 4.79 Å². The summed E-state index contributed by atoms with van der Waals surface area (Å²) < 4.78 is 11.0. The molecule has 1 aliphatic heterocycles. The quantitative estimate of drug-likeness (QED) is 0.892. The van der Waals surface area contributed by atoms with Crippen molar-refractivity contribution in [1.29, 1.82) is 0 Å². The van der Waals surface area contributed by atoms with Gasteiger partial charge in [-0.15, -0.1) is 12.4 Å². The van der Waals surface area contributed by atoms with Gasteiger partial charge in [-0.05, 0) is 31.5 Å². The number of nitrogens with two attached hydrogens (primary N) is 1. The molecule has 0 aromatic heterocycles. The minimum atomic E-state index is -0.213. The van der Waals surface area contributed by atoms with Gasteiger partial charge >= 0.3 is 0 Å². The highest BCUT2D eigenvalue weighted by molar-refractivity contribution is 5.85. The Balaban J connectivity index is 0.00000220. The molecule has 0 spiro atoms. The van der Waals surface area contributed by atoms with Crippen molar-refractivity contribution in [2.75, 3.05) is 13.2 Å². The maximum Gasteiger partial charge on any atom is 0.224 e. The molecule has 3 N–H and O–H groups in total. The summed E-state index contributed by atoms with van der Waals surface area (Å²) in [5.41, 5.74) is 6.73. The lowest BCUT2D eigenvalue weighted by Gasteiger charge is -2.22. The molecule has 1 heterocycles. The summed E-state index contributed by atoms with van der Waals surface area (Å²) in [6, 6.07) is 5.47. The number of hydrogen-bond donors (Lipinski definition) is 2. The highest BCUT2D eigenvalue weighted by atomic mass is 35.5. The van der Waals surface area contributed by atoms with Crippen molar-refractivity contribution in [2.45, 2.75) is 32.9 Å². The first-order chi connectivity index (χ1) is 9.49. The molecule has 1 aromatic carbocycles. The smallest absolute Gasteiger partial charge is 0.224 e. The predicted molar refractivity (Wildman–Crippen MR) is 84.1 cm³/mol. The Bertz CT molecular complexity index is 494. The van der Waals surface area contributed by atoms with Crippen LogP contribution < -0.4 is 20.5 Å². The van der Waals surface area contributed by atoms with Crippen LogP contribution in [0.3, 0.4) is 0 Å². The van der Waals surface area contributed by atoms with Gasteiger partial charge in [0, 0.05) is 12.0 Å². The highest BCUT2D eigenvalue weighted by Crippen LogP contribution is 2.32. The van der Waals surface area contributed by atoms with Crippen LogP contribution in [0, 0.1) is 5.92 Å². The second-order valence-corrected chi connectivity index (χ2v) is 5.28. The van der Waals surface area contributed by atoms with E-state index in [9.17, 15) is 4.79 Å². The van der Waals surface area contributed by atoms with Crippen LogP contribution >= 0.6 is 12.4 Å². The second-order valence-electron chi connectivity index (χ2n) is 5.28. The number of ether oxygens (including phenoxy) is 2. The minimum Gasteiger partial charge on any atom is -0.486 e. The molecule has 21 heavy (non-hydrogen) atoms. The zero-order chi connectivity index (χ0) is 14.7. The molecule has 1 amide bonds. The number of benzene rings is 1. The van der Waals surface area contributed by atoms with Crippen molar-refractivity contribution in [3.8, 4) is 11.5 Å². The lowest BCUT2D eigenvalue weighted by Crippen LogP contribution is -2.39. The Labute approximate surface area is 131 Å². The summed E-state index contributed by atoms with van der Waals surface area (Å²) in [6.45, 7) is 6.73. The van der Waals surface area contributed by atoms with E-state index in [1.165, 1.54) is 0 Å². The maximum atomic E-state index is 12.0. The van der Waals surface area contributed by atoms with Gasteiger partial charge in [0.15, 0.2) is 11.5 Å². The summed E-state index contributed by atoms with van der Waals surface area (Å²) in [5.74, 6) is 1.23. The molecule has 0 bridgehead atoms. The number of fused-ring (bicyclic) bond motifs is 1. The van der Waals surface area contributed by atoms with Crippen molar-refractivity contribution >= 4 is 18.3 Å². The zero-order valence-corrected chi connectivity index (χ0v) is 13.4. The van der Waals surface area contributed by atoms with Crippen LogP contribution in [-0.2, 0) is 4.79 Å².